The molecule has 2 aromatic heterocycles. The second kappa shape index (κ2) is 11.2. The molecule has 38 heavy (non-hydrogen) atoms. The Hall–Kier alpha value is -2.10. The fraction of sp³-hybridized carbons (Fsp3) is 0.375. The highest BCUT2D eigenvalue weighted by Crippen LogP contribution is 2.44. The van der Waals surface area contributed by atoms with Crippen LogP contribution >= 0.6 is 34.7 Å². The Morgan fingerprint density at radius 2 is 2.08 bits per heavy atom. The van der Waals surface area contributed by atoms with Gasteiger partial charge in [0.15, 0.2) is 0 Å². The first kappa shape index (κ1) is 27.5. The normalized spacial score (nSPS) is 25.2. The molecule has 202 valence electrons. The van der Waals surface area contributed by atoms with Crippen LogP contribution < -0.4 is 10.5 Å². The molecular formula is C24H25ClN4O6S3. The number of thioether (sulfide) groups is 1. The number of anilines is 1. The van der Waals surface area contributed by atoms with Gasteiger partial charge < -0.3 is 15.5 Å². The third-order valence-electron chi connectivity index (χ3n) is 6.72. The molecule has 2 aliphatic rings. The Bertz CT molecular complexity index is 1450. The molecular weight excluding hydrogens is 572 g/mol. The molecule has 5 rings (SSSR count). The average molecular weight is 597 g/mol. The average Bonchev–Trinajstić information content (AvgIpc) is 3.48. The minimum absolute atomic E-state index is 0.0754. The Morgan fingerprint density at radius 3 is 2.87 bits per heavy atom. The van der Waals surface area contributed by atoms with E-state index in [0.29, 0.717) is 9.90 Å². The predicted octanol–water partition coefficient (Wildman–Crippen LogP) is 2.54. The molecule has 0 amide bonds. The number of fused-ring (bicyclic) bond motifs is 1. The Balaban J connectivity index is 1.34. The molecule has 1 unspecified atom stereocenters. The summed E-state index contributed by atoms with van der Waals surface area (Å²) >= 11 is 9.41. The number of carbonyl (C=O) groups is 1. The van der Waals surface area contributed by atoms with Gasteiger partial charge in [-0.15, -0.1) is 23.1 Å². The number of aryl methyl sites for hydroxylation is 1. The molecule has 5 atom stereocenters. The molecule has 14 heteroatoms. The zero-order chi connectivity index (χ0) is 27.0. The van der Waals surface area contributed by atoms with Gasteiger partial charge in [-0.1, -0.05) is 17.7 Å². The number of thiophene rings is 1. The van der Waals surface area contributed by atoms with E-state index in [0.717, 1.165) is 23.3 Å². The molecule has 1 saturated carbocycles. The lowest BCUT2D eigenvalue weighted by molar-refractivity contribution is 0.00778. The van der Waals surface area contributed by atoms with E-state index in [2.05, 4.69) is 25.5 Å². The largest absolute Gasteiger partial charge is 0.390 e. The maximum atomic E-state index is 13.5. The summed E-state index contributed by atoms with van der Waals surface area (Å²) in [6.07, 6.45) is 1.32. The number of benzene rings is 1. The standard InChI is InChI=1S/C24H25ClN4O6S3/c25-15-2-1-12-3-4-36-23(16(12)7-15)14-6-19(37-10-14)21(31)17-8-27-11-28-24(17)29-18-5-13(20(30)22(18)32)9-35-38(26,33)34/h1-2,6-8,10-11,13,18,20,22-23,30,32H,3-5,9H2,(H2,26,33,34)(H,27,28,29)/t13-,18-,20-,22+,23?/m1/s1. The van der Waals surface area contributed by atoms with Crippen LogP contribution in [0.5, 0.6) is 0 Å². The quantitative estimate of drug-likeness (QED) is 0.284. The van der Waals surface area contributed by atoms with Crippen LogP contribution in [0.3, 0.4) is 0 Å². The van der Waals surface area contributed by atoms with Crippen molar-refractivity contribution in [2.45, 2.75) is 36.3 Å². The maximum Gasteiger partial charge on any atom is 0.333 e. The van der Waals surface area contributed by atoms with Gasteiger partial charge in [0, 0.05) is 17.1 Å². The third kappa shape index (κ3) is 5.89. The second-order valence-corrected chi connectivity index (χ2v) is 13.0. The van der Waals surface area contributed by atoms with Crippen LogP contribution in [0.4, 0.5) is 5.82 Å². The minimum Gasteiger partial charge on any atom is -0.390 e. The van der Waals surface area contributed by atoms with E-state index in [1.165, 1.54) is 29.4 Å². The highest BCUT2D eigenvalue weighted by atomic mass is 35.5. The fourth-order valence-electron chi connectivity index (χ4n) is 4.83. The number of aromatic nitrogens is 2. The lowest BCUT2D eigenvalue weighted by atomic mass is 9.98. The molecule has 10 nitrogen and oxygen atoms in total. The topological polar surface area (TPSA) is 165 Å². The first-order chi connectivity index (χ1) is 18.1. The van der Waals surface area contributed by atoms with E-state index in [9.17, 15) is 23.4 Å². The van der Waals surface area contributed by atoms with Crippen LogP contribution in [0.2, 0.25) is 5.02 Å². The molecule has 1 aliphatic heterocycles. The molecule has 0 radical (unpaired) electrons. The number of nitrogens with one attached hydrogen (secondary N) is 1. The molecule has 3 aromatic rings. The van der Waals surface area contributed by atoms with Crippen LogP contribution in [0.1, 0.15) is 43.6 Å². The van der Waals surface area contributed by atoms with Gasteiger partial charge >= 0.3 is 10.3 Å². The number of ketones is 1. The van der Waals surface area contributed by atoms with Crippen LogP contribution in [-0.4, -0.2) is 65.0 Å². The second-order valence-electron chi connectivity index (χ2n) is 9.21. The first-order valence-corrected chi connectivity index (χ1v) is 15.5. The Labute approximate surface area is 232 Å². The van der Waals surface area contributed by atoms with Crippen molar-refractivity contribution in [3.8, 4) is 0 Å². The van der Waals surface area contributed by atoms with Gasteiger partial charge in [-0.2, -0.15) is 8.42 Å². The van der Waals surface area contributed by atoms with Crippen LogP contribution in [0, 0.1) is 5.92 Å². The van der Waals surface area contributed by atoms with E-state index < -0.39 is 34.5 Å². The van der Waals surface area contributed by atoms with Crippen molar-refractivity contribution in [2.75, 3.05) is 17.7 Å². The van der Waals surface area contributed by atoms with Gasteiger partial charge in [-0.25, -0.2) is 15.1 Å². The van der Waals surface area contributed by atoms with Gasteiger partial charge in [-0.05, 0) is 58.9 Å². The number of aliphatic hydroxyl groups excluding tert-OH is 2. The van der Waals surface area contributed by atoms with Gasteiger partial charge in [0.2, 0.25) is 5.78 Å². The SMILES string of the molecule is NS(=O)(=O)OC[C@H]1C[C@@H](Nc2ncncc2C(=O)c2cc(C3SCCc4ccc(Cl)cc43)cs2)[C@H](O)[C@@H]1O. The van der Waals surface area contributed by atoms with Crippen molar-refractivity contribution in [3.63, 3.8) is 0 Å². The highest BCUT2D eigenvalue weighted by Gasteiger charge is 2.42. The summed E-state index contributed by atoms with van der Waals surface area (Å²) in [5.74, 6) is 0.204. The fourth-order valence-corrected chi connectivity index (χ4v) is 7.65. The Morgan fingerprint density at radius 1 is 1.26 bits per heavy atom. The number of rotatable bonds is 8. The van der Waals surface area contributed by atoms with Gasteiger partial charge in [-0.3, -0.25) is 8.98 Å². The van der Waals surface area contributed by atoms with Crippen LogP contribution in [0.25, 0.3) is 0 Å². The summed E-state index contributed by atoms with van der Waals surface area (Å²) in [6, 6.07) is 7.12. The summed E-state index contributed by atoms with van der Waals surface area (Å²) in [5.41, 5.74) is 3.65. The Kier molecular flexibility index (Phi) is 8.08. The summed E-state index contributed by atoms with van der Waals surface area (Å²) in [7, 11) is -4.19. The molecule has 1 fully saturated rings. The molecule has 0 spiro atoms. The van der Waals surface area contributed by atoms with Crippen molar-refractivity contribution in [2.24, 2.45) is 11.1 Å². The van der Waals surface area contributed by atoms with Crippen molar-refractivity contribution in [1.82, 2.24) is 9.97 Å². The summed E-state index contributed by atoms with van der Waals surface area (Å²) in [4.78, 5) is 22.2. The van der Waals surface area contributed by atoms with E-state index in [-0.39, 0.29) is 35.4 Å². The summed E-state index contributed by atoms with van der Waals surface area (Å²) in [6.45, 7) is -0.379. The number of nitrogens with zero attached hydrogens (tertiary/aromatic N) is 2. The number of carbonyl (C=O) groups excluding carboxylic acids is 1. The number of aliphatic hydroxyl groups is 2. The van der Waals surface area contributed by atoms with Crippen molar-refractivity contribution < 1.29 is 27.6 Å². The van der Waals surface area contributed by atoms with E-state index in [1.54, 1.807) is 0 Å². The summed E-state index contributed by atoms with van der Waals surface area (Å²) in [5, 5.41) is 31.5. The first-order valence-electron chi connectivity index (χ1n) is 11.7. The number of halogens is 1. The van der Waals surface area contributed by atoms with Crippen LogP contribution in [-0.2, 0) is 20.9 Å². The van der Waals surface area contributed by atoms with E-state index >= 15 is 0 Å². The van der Waals surface area contributed by atoms with Gasteiger partial charge in [0.1, 0.15) is 18.2 Å². The molecule has 0 bridgehead atoms. The molecule has 3 heterocycles. The third-order valence-corrected chi connectivity index (χ3v) is 9.67. The zero-order valence-electron chi connectivity index (χ0n) is 19.9. The van der Waals surface area contributed by atoms with Crippen molar-refractivity contribution in [1.29, 1.82) is 0 Å². The highest BCUT2D eigenvalue weighted by molar-refractivity contribution is 7.99. The lowest BCUT2D eigenvalue weighted by Crippen LogP contribution is -2.36. The summed E-state index contributed by atoms with van der Waals surface area (Å²) < 4.78 is 26.8. The minimum atomic E-state index is -4.19. The monoisotopic (exact) mass is 596 g/mol. The molecule has 5 N–H and O–H groups in total. The number of nitrogens with two attached hydrogens (primary N) is 1. The van der Waals surface area contributed by atoms with E-state index in [1.807, 2.05) is 35.3 Å². The molecule has 0 saturated heterocycles. The molecule has 1 aromatic carbocycles. The molecule has 1 aliphatic carbocycles. The van der Waals surface area contributed by atoms with Gasteiger partial charge in [0.25, 0.3) is 0 Å². The number of hydrogen-bond acceptors (Lipinski definition) is 11. The van der Waals surface area contributed by atoms with Gasteiger partial charge in [0.05, 0.1) is 34.4 Å². The smallest absolute Gasteiger partial charge is 0.333 e. The zero-order valence-corrected chi connectivity index (χ0v) is 23.1. The predicted molar refractivity (Wildman–Crippen MR) is 146 cm³/mol. The van der Waals surface area contributed by atoms with E-state index in [4.69, 9.17) is 16.7 Å². The number of hydrogen-bond donors (Lipinski definition) is 4. The maximum absolute atomic E-state index is 13.5. The van der Waals surface area contributed by atoms with Crippen molar-refractivity contribution in [3.05, 3.63) is 74.3 Å². The lowest BCUT2D eigenvalue weighted by Gasteiger charge is -2.24. The van der Waals surface area contributed by atoms with Crippen LogP contribution in [0.15, 0.2) is 42.2 Å². The van der Waals surface area contributed by atoms with Crippen molar-refractivity contribution >= 4 is 56.6 Å².